The van der Waals surface area contributed by atoms with Gasteiger partial charge in [0.25, 0.3) is 0 Å². The molecule has 0 saturated heterocycles. The molecule has 0 spiro atoms. The molecule has 3 aromatic rings. The van der Waals surface area contributed by atoms with E-state index in [0.29, 0.717) is 5.57 Å². The number of nitrogens with zero attached hydrogens (tertiary/aromatic N) is 3. The van der Waals surface area contributed by atoms with Crippen LogP contribution in [0.5, 0.6) is 0 Å². The number of carboxylic acid groups (broad SMARTS) is 1. The Labute approximate surface area is 137 Å². The van der Waals surface area contributed by atoms with Gasteiger partial charge in [0.2, 0.25) is 0 Å². The standard InChI is InChI=1S/C17H17N3O2S/c1-10-13(11(2)20(3)19-10)8-12(9-16(21)22)17-18-14-6-4-5-7-15(14)23-17/h4-8H,9H2,1-3H3,(H,21,22). The summed E-state index contributed by atoms with van der Waals surface area (Å²) in [6.45, 7) is 3.90. The molecular weight excluding hydrogens is 310 g/mol. The number of thiazole rings is 1. The van der Waals surface area contributed by atoms with E-state index in [-0.39, 0.29) is 6.42 Å². The molecule has 1 N–H and O–H groups in total. The lowest BCUT2D eigenvalue weighted by Gasteiger charge is -2.02. The minimum absolute atomic E-state index is 0.0619. The maximum Gasteiger partial charge on any atom is 0.307 e. The lowest BCUT2D eigenvalue weighted by molar-refractivity contribution is -0.135. The van der Waals surface area contributed by atoms with Gasteiger partial charge in [-0.1, -0.05) is 12.1 Å². The van der Waals surface area contributed by atoms with Crippen LogP contribution in [0.15, 0.2) is 24.3 Å². The van der Waals surface area contributed by atoms with Crippen LogP contribution < -0.4 is 0 Å². The van der Waals surface area contributed by atoms with Gasteiger partial charge in [-0.15, -0.1) is 11.3 Å². The van der Waals surface area contributed by atoms with Gasteiger partial charge in [-0.2, -0.15) is 5.10 Å². The fourth-order valence-corrected chi connectivity index (χ4v) is 3.51. The van der Waals surface area contributed by atoms with Gasteiger partial charge in [-0.3, -0.25) is 9.48 Å². The van der Waals surface area contributed by atoms with Crippen LogP contribution in [-0.2, 0) is 11.8 Å². The van der Waals surface area contributed by atoms with Crippen molar-refractivity contribution in [2.75, 3.05) is 0 Å². The molecule has 0 aliphatic heterocycles. The number of aryl methyl sites for hydroxylation is 2. The van der Waals surface area contributed by atoms with Crippen molar-refractivity contribution in [3.8, 4) is 0 Å². The number of fused-ring (bicyclic) bond motifs is 1. The maximum atomic E-state index is 11.3. The summed E-state index contributed by atoms with van der Waals surface area (Å²) in [4.78, 5) is 15.9. The molecule has 3 rings (SSSR count). The van der Waals surface area contributed by atoms with Crippen LogP contribution in [0, 0.1) is 13.8 Å². The molecule has 23 heavy (non-hydrogen) atoms. The van der Waals surface area contributed by atoms with E-state index in [2.05, 4.69) is 10.1 Å². The van der Waals surface area contributed by atoms with Crippen molar-refractivity contribution in [1.29, 1.82) is 0 Å². The number of aliphatic carboxylic acids is 1. The van der Waals surface area contributed by atoms with Crippen molar-refractivity contribution in [3.05, 3.63) is 46.2 Å². The predicted octanol–water partition coefficient (Wildman–Crippen LogP) is 3.66. The Bertz CT molecular complexity index is 888. The van der Waals surface area contributed by atoms with E-state index in [1.807, 2.05) is 51.2 Å². The summed E-state index contributed by atoms with van der Waals surface area (Å²) in [6.07, 6.45) is 1.84. The van der Waals surface area contributed by atoms with Crippen LogP contribution in [0.25, 0.3) is 21.9 Å². The highest BCUT2D eigenvalue weighted by Crippen LogP contribution is 2.31. The SMILES string of the molecule is Cc1nn(C)c(C)c1C=C(CC(=O)O)c1nc2ccccc2s1. The van der Waals surface area contributed by atoms with Crippen molar-refractivity contribution in [3.63, 3.8) is 0 Å². The third-order valence-electron chi connectivity index (χ3n) is 3.79. The second kappa shape index (κ2) is 5.96. The Morgan fingerprint density at radius 1 is 1.35 bits per heavy atom. The molecule has 0 aliphatic rings. The minimum atomic E-state index is -0.866. The molecule has 0 unspecified atom stereocenters. The van der Waals surface area contributed by atoms with Gasteiger partial charge in [-0.05, 0) is 37.6 Å². The normalized spacial score (nSPS) is 12.0. The molecular formula is C17H17N3O2S. The summed E-state index contributed by atoms with van der Waals surface area (Å²) < 4.78 is 2.86. The third kappa shape index (κ3) is 3.03. The first-order valence-corrected chi connectivity index (χ1v) is 8.06. The largest absolute Gasteiger partial charge is 0.481 e. The quantitative estimate of drug-likeness (QED) is 0.794. The number of hydrogen-bond donors (Lipinski definition) is 1. The first-order chi connectivity index (χ1) is 11.0. The lowest BCUT2D eigenvalue weighted by Crippen LogP contribution is -1.97. The summed E-state index contributed by atoms with van der Waals surface area (Å²) in [7, 11) is 1.88. The van der Waals surface area contributed by atoms with Gasteiger partial charge in [-0.25, -0.2) is 4.98 Å². The first-order valence-electron chi connectivity index (χ1n) is 7.24. The molecule has 118 valence electrons. The molecule has 0 aliphatic carbocycles. The Morgan fingerprint density at radius 3 is 2.70 bits per heavy atom. The van der Waals surface area contributed by atoms with Crippen LogP contribution in [0.3, 0.4) is 0 Å². The third-order valence-corrected chi connectivity index (χ3v) is 4.91. The van der Waals surface area contributed by atoms with Gasteiger partial charge in [0.1, 0.15) is 5.01 Å². The highest BCUT2D eigenvalue weighted by molar-refractivity contribution is 7.19. The van der Waals surface area contributed by atoms with Crippen molar-refractivity contribution in [2.24, 2.45) is 7.05 Å². The highest BCUT2D eigenvalue weighted by Gasteiger charge is 2.15. The predicted molar refractivity (Wildman–Crippen MR) is 92.4 cm³/mol. The Kier molecular flexibility index (Phi) is 4.00. The van der Waals surface area contributed by atoms with Gasteiger partial charge >= 0.3 is 5.97 Å². The molecule has 0 radical (unpaired) electrons. The van der Waals surface area contributed by atoms with Crippen LogP contribution in [0.1, 0.15) is 28.4 Å². The van der Waals surface area contributed by atoms with E-state index in [9.17, 15) is 9.90 Å². The number of aromatic nitrogens is 3. The van der Waals surface area contributed by atoms with Crippen molar-refractivity contribution >= 4 is 39.2 Å². The van der Waals surface area contributed by atoms with E-state index in [4.69, 9.17) is 0 Å². The molecule has 0 bridgehead atoms. The number of rotatable bonds is 4. The smallest absolute Gasteiger partial charge is 0.307 e. The molecule has 2 heterocycles. The average Bonchev–Trinajstić information content (AvgIpc) is 3.02. The van der Waals surface area contributed by atoms with Crippen LogP contribution >= 0.6 is 11.3 Å². The summed E-state index contributed by atoms with van der Waals surface area (Å²) in [5.74, 6) is -0.866. The van der Waals surface area contributed by atoms with Gasteiger partial charge < -0.3 is 5.11 Å². The molecule has 0 amide bonds. The zero-order chi connectivity index (χ0) is 16.6. The summed E-state index contributed by atoms with van der Waals surface area (Å²) in [6, 6.07) is 7.83. The Morgan fingerprint density at radius 2 is 2.09 bits per heavy atom. The van der Waals surface area contributed by atoms with Gasteiger partial charge in [0.15, 0.2) is 0 Å². The van der Waals surface area contributed by atoms with Crippen LogP contribution in [-0.4, -0.2) is 25.8 Å². The van der Waals surface area contributed by atoms with E-state index >= 15 is 0 Å². The maximum absolute atomic E-state index is 11.3. The summed E-state index contributed by atoms with van der Waals surface area (Å²) in [5.41, 5.74) is 4.45. The summed E-state index contributed by atoms with van der Waals surface area (Å²) in [5, 5.41) is 14.4. The molecule has 5 nitrogen and oxygen atoms in total. The number of benzene rings is 1. The molecule has 0 fully saturated rings. The minimum Gasteiger partial charge on any atom is -0.481 e. The Balaban J connectivity index is 2.13. The fourth-order valence-electron chi connectivity index (χ4n) is 2.53. The van der Waals surface area contributed by atoms with Crippen molar-refractivity contribution in [2.45, 2.75) is 20.3 Å². The van der Waals surface area contributed by atoms with E-state index in [1.165, 1.54) is 11.3 Å². The average molecular weight is 327 g/mol. The second-order valence-corrected chi connectivity index (χ2v) is 6.47. The highest BCUT2D eigenvalue weighted by atomic mass is 32.1. The van der Waals surface area contributed by atoms with E-state index in [0.717, 1.165) is 32.2 Å². The number of hydrogen-bond acceptors (Lipinski definition) is 4. The van der Waals surface area contributed by atoms with E-state index in [1.54, 1.807) is 4.68 Å². The fraction of sp³-hybridized carbons (Fsp3) is 0.235. The van der Waals surface area contributed by atoms with Crippen molar-refractivity contribution in [1.82, 2.24) is 14.8 Å². The van der Waals surface area contributed by atoms with Crippen molar-refractivity contribution < 1.29 is 9.90 Å². The zero-order valence-electron chi connectivity index (χ0n) is 13.2. The Hall–Kier alpha value is -2.47. The summed E-state index contributed by atoms with van der Waals surface area (Å²) >= 11 is 1.52. The topological polar surface area (TPSA) is 68.0 Å². The van der Waals surface area contributed by atoms with Gasteiger partial charge in [0.05, 0.1) is 22.3 Å². The molecule has 2 aromatic heterocycles. The molecule has 6 heteroatoms. The molecule has 0 atom stereocenters. The van der Waals surface area contributed by atoms with Crippen LogP contribution in [0.4, 0.5) is 0 Å². The van der Waals surface area contributed by atoms with Crippen LogP contribution in [0.2, 0.25) is 0 Å². The lowest BCUT2D eigenvalue weighted by atomic mass is 10.1. The molecule has 1 aromatic carbocycles. The number of para-hydroxylation sites is 1. The molecule has 0 saturated carbocycles. The zero-order valence-corrected chi connectivity index (χ0v) is 14.0. The number of carboxylic acids is 1. The first kappa shape index (κ1) is 15.4. The van der Waals surface area contributed by atoms with E-state index < -0.39 is 5.97 Å². The van der Waals surface area contributed by atoms with Gasteiger partial charge in [0, 0.05) is 18.3 Å². The monoisotopic (exact) mass is 327 g/mol. The second-order valence-electron chi connectivity index (χ2n) is 5.43. The number of carbonyl (C=O) groups is 1.